The number of thioether (sulfide) groups is 1. The minimum atomic E-state index is -0.840. The number of nitrogens with zero attached hydrogens (tertiary/aromatic N) is 2. The molecule has 0 saturated carbocycles. The molecule has 0 aromatic carbocycles. The predicted octanol–water partition coefficient (Wildman–Crippen LogP) is 0.565. The molecule has 0 aromatic heterocycles. The van der Waals surface area contributed by atoms with Crippen molar-refractivity contribution in [3.05, 3.63) is 0 Å². The second kappa shape index (κ2) is 5.75. The van der Waals surface area contributed by atoms with E-state index < -0.39 is 11.9 Å². The highest BCUT2D eigenvalue weighted by molar-refractivity contribution is 8.00. The molecule has 6 heteroatoms. The average molecular weight is 242 g/mol. The van der Waals surface area contributed by atoms with E-state index in [-0.39, 0.29) is 23.5 Å². The van der Waals surface area contributed by atoms with Crippen molar-refractivity contribution in [1.29, 1.82) is 5.26 Å². The summed E-state index contributed by atoms with van der Waals surface area (Å²) in [5.41, 5.74) is 0. The van der Waals surface area contributed by atoms with Crippen LogP contribution in [0.4, 0.5) is 0 Å². The summed E-state index contributed by atoms with van der Waals surface area (Å²) in [6.45, 7) is 2.27. The fourth-order valence-electron chi connectivity index (χ4n) is 1.89. The Morgan fingerprint density at radius 2 is 2.31 bits per heavy atom. The Morgan fingerprint density at radius 3 is 2.81 bits per heavy atom. The lowest BCUT2D eigenvalue weighted by atomic mass is 10.0. The van der Waals surface area contributed by atoms with Crippen LogP contribution in [0, 0.1) is 17.2 Å². The quantitative estimate of drug-likeness (QED) is 0.729. The maximum atomic E-state index is 11.7. The van der Waals surface area contributed by atoms with Gasteiger partial charge in [-0.2, -0.15) is 5.26 Å². The van der Waals surface area contributed by atoms with Gasteiger partial charge >= 0.3 is 5.97 Å². The normalized spacial score (nSPS) is 24.1. The van der Waals surface area contributed by atoms with Gasteiger partial charge < -0.3 is 10.0 Å². The van der Waals surface area contributed by atoms with Gasteiger partial charge in [0.25, 0.3) is 0 Å². The third-order valence-corrected chi connectivity index (χ3v) is 3.57. The lowest BCUT2D eigenvalue weighted by Gasteiger charge is -2.22. The third-order valence-electron chi connectivity index (χ3n) is 2.78. The zero-order valence-electron chi connectivity index (χ0n) is 9.05. The standard InChI is InChI=1S/C10H14N2O3S/c1-7-8(10(14)15)2-4-12(7)9(13)6-16-5-3-11/h7-8H,2,4-6H2,1H3,(H,14,15). The SMILES string of the molecule is CC1C(C(=O)O)CCN1C(=O)CSCC#N. The molecule has 1 fully saturated rings. The van der Waals surface area contributed by atoms with Crippen molar-refractivity contribution in [2.24, 2.45) is 5.92 Å². The summed E-state index contributed by atoms with van der Waals surface area (Å²) < 4.78 is 0. The van der Waals surface area contributed by atoms with E-state index in [1.807, 2.05) is 6.07 Å². The van der Waals surface area contributed by atoms with E-state index >= 15 is 0 Å². The van der Waals surface area contributed by atoms with Crippen molar-refractivity contribution in [2.45, 2.75) is 19.4 Å². The molecule has 1 aliphatic rings. The van der Waals surface area contributed by atoms with Crippen molar-refractivity contribution in [2.75, 3.05) is 18.1 Å². The van der Waals surface area contributed by atoms with E-state index in [9.17, 15) is 9.59 Å². The van der Waals surface area contributed by atoms with E-state index in [2.05, 4.69) is 0 Å². The van der Waals surface area contributed by atoms with Crippen LogP contribution in [0.5, 0.6) is 0 Å². The molecule has 1 amide bonds. The van der Waals surface area contributed by atoms with Crippen molar-refractivity contribution in [3.8, 4) is 6.07 Å². The van der Waals surface area contributed by atoms with Crippen molar-refractivity contribution in [1.82, 2.24) is 4.90 Å². The Hall–Kier alpha value is -1.22. The first-order valence-electron chi connectivity index (χ1n) is 5.05. The van der Waals surface area contributed by atoms with Gasteiger partial charge in [-0.05, 0) is 13.3 Å². The van der Waals surface area contributed by atoms with Gasteiger partial charge in [-0.1, -0.05) is 0 Å². The first-order chi connectivity index (χ1) is 7.57. The maximum absolute atomic E-state index is 11.7. The van der Waals surface area contributed by atoms with Crippen LogP contribution in [0.1, 0.15) is 13.3 Å². The lowest BCUT2D eigenvalue weighted by molar-refractivity contribution is -0.142. The van der Waals surface area contributed by atoms with Crippen LogP contribution in [0.15, 0.2) is 0 Å². The first kappa shape index (κ1) is 12.8. The van der Waals surface area contributed by atoms with Gasteiger partial charge in [0, 0.05) is 12.6 Å². The molecule has 0 bridgehead atoms. The van der Waals surface area contributed by atoms with Gasteiger partial charge in [-0.3, -0.25) is 9.59 Å². The highest BCUT2D eigenvalue weighted by Gasteiger charge is 2.37. The number of aliphatic carboxylic acids is 1. The minimum Gasteiger partial charge on any atom is -0.481 e. The molecule has 0 spiro atoms. The molecule has 1 saturated heterocycles. The summed E-state index contributed by atoms with van der Waals surface area (Å²) in [6.07, 6.45) is 0.519. The second-order valence-corrected chi connectivity index (χ2v) is 4.70. The summed E-state index contributed by atoms with van der Waals surface area (Å²) in [7, 11) is 0. The number of carboxylic acid groups (broad SMARTS) is 1. The Balaban J connectivity index is 2.47. The lowest BCUT2D eigenvalue weighted by Crippen LogP contribution is -2.38. The molecule has 5 nitrogen and oxygen atoms in total. The Labute approximate surface area is 98.4 Å². The Bertz CT molecular complexity index is 327. The zero-order valence-corrected chi connectivity index (χ0v) is 9.87. The van der Waals surface area contributed by atoms with Crippen LogP contribution in [0.2, 0.25) is 0 Å². The predicted molar refractivity (Wildman–Crippen MR) is 59.9 cm³/mol. The monoisotopic (exact) mass is 242 g/mol. The highest BCUT2D eigenvalue weighted by Crippen LogP contribution is 2.24. The number of hydrogen-bond acceptors (Lipinski definition) is 4. The van der Waals surface area contributed by atoms with E-state index in [1.54, 1.807) is 11.8 Å². The largest absolute Gasteiger partial charge is 0.481 e. The number of likely N-dealkylation sites (tertiary alicyclic amines) is 1. The molecular formula is C10H14N2O3S. The highest BCUT2D eigenvalue weighted by atomic mass is 32.2. The molecule has 16 heavy (non-hydrogen) atoms. The van der Waals surface area contributed by atoms with Crippen LogP contribution >= 0.6 is 11.8 Å². The number of nitriles is 1. The molecule has 0 radical (unpaired) electrons. The minimum absolute atomic E-state index is 0.0727. The first-order valence-corrected chi connectivity index (χ1v) is 6.20. The molecule has 2 unspecified atom stereocenters. The summed E-state index contributed by atoms with van der Waals surface area (Å²) in [4.78, 5) is 24.2. The molecule has 1 heterocycles. The molecule has 0 aromatic rings. The number of carboxylic acids is 1. The van der Waals surface area contributed by atoms with Gasteiger partial charge in [0.2, 0.25) is 5.91 Å². The molecule has 2 atom stereocenters. The van der Waals surface area contributed by atoms with Crippen LogP contribution in [0.25, 0.3) is 0 Å². The van der Waals surface area contributed by atoms with Gasteiger partial charge in [0.15, 0.2) is 0 Å². The number of rotatable bonds is 4. The Kier molecular flexibility index (Phi) is 4.62. The summed E-state index contributed by atoms with van der Waals surface area (Å²) in [6, 6.07) is 1.71. The number of hydrogen-bond donors (Lipinski definition) is 1. The topological polar surface area (TPSA) is 81.4 Å². The number of carbonyl (C=O) groups is 2. The zero-order chi connectivity index (χ0) is 12.1. The number of amides is 1. The fraction of sp³-hybridized carbons (Fsp3) is 0.700. The van der Waals surface area contributed by atoms with Crippen molar-refractivity contribution >= 4 is 23.6 Å². The van der Waals surface area contributed by atoms with Gasteiger partial charge in [0.1, 0.15) is 0 Å². The molecule has 1 aliphatic heterocycles. The van der Waals surface area contributed by atoms with Crippen LogP contribution < -0.4 is 0 Å². The summed E-state index contributed by atoms with van der Waals surface area (Å²) >= 11 is 1.26. The van der Waals surface area contributed by atoms with E-state index in [4.69, 9.17) is 10.4 Å². The van der Waals surface area contributed by atoms with Crippen molar-refractivity contribution < 1.29 is 14.7 Å². The maximum Gasteiger partial charge on any atom is 0.308 e. The second-order valence-electron chi connectivity index (χ2n) is 3.71. The van der Waals surface area contributed by atoms with Crippen molar-refractivity contribution in [3.63, 3.8) is 0 Å². The van der Waals surface area contributed by atoms with Gasteiger partial charge in [-0.25, -0.2) is 0 Å². The third kappa shape index (κ3) is 2.89. The molecule has 0 aliphatic carbocycles. The van der Waals surface area contributed by atoms with Gasteiger partial charge in [0.05, 0.1) is 23.5 Å². The Morgan fingerprint density at radius 1 is 1.62 bits per heavy atom. The summed E-state index contributed by atoms with van der Waals surface area (Å²) in [5, 5.41) is 17.2. The van der Waals surface area contributed by atoms with E-state index in [0.29, 0.717) is 13.0 Å². The summed E-state index contributed by atoms with van der Waals surface area (Å²) in [5.74, 6) is -0.825. The van der Waals surface area contributed by atoms with Crippen LogP contribution in [0.3, 0.4) is 0 Å². The average Bonchev–Trinajstić information content (AvgIpc) is 2.60. The molecule has 1 rings (SSSR count). The smallest absolute Gasteiger partial charge is 0.308 e. The van der Waals surface area contributed by atoms with Crippen LogP contribution in [-0.2, 0) is 9.59 Å². The van der Waals surface area contributed by atoms with E-state index in [1.165, 1.54) is 11.8 Å². The van der Waals surface area contributed by atoms with E-state index in [0.717, 1.165) is 0 Å². The fourth-order valence-corrected chi connectivity index (χ4v) is 2.42. The van der Waals surface area contributed by atoms with Gasteiger partial charge in [-0.15, -0.1) is 11.8 Å². The number of carbonyl (C=O) groups excluding carboxylic acids is 1. The van der Waals surface area contributed by atoms with Crippen LogP contribution in [-0.4, -0.2) is 46.0 Å². The molecule has 88 valence electrons. The molecule has 1 N–H and O–H groups in total. The molecular weight excluding hydrogens is 228 g/mol.